The lowest BCUT2D eigenvalue weighted by Gasteiger charge is -1.93. The second-order valence-corrected chi connectivity index (χ2v) is 2.19. The summed E-state index contributed by atoms with van der Waals surface area (Å²) in [5.74, 6) is 0. The molecule has 0 aliphatic heterocycles. The molecule has 1 aromatic heterocycles. The van der Waals surface area contributed by atoms with Crippen molar-refractivity contribution in [3.8, 4) is 0 Å². The van der Waals surface area contributed by atoms with Crippen LogP contribution in [0, 0.1) is 0 Å². The van der Waals surface area contributed by atoms with Crippen molar-refractivity contribution < 1.29 is 5.21 Å². The molecule has 0 saturated heterocycles. The molecule has 0 saturated carbocycles. The molecular formula is C6H6N4O. The number of rotatable bonds is 0. The van der Waals surface area contributed by atoms with E-state index in [4.69, 9.17) is 10.9 Å². The van der Waals surface area contributed by atoms with Crippen LogP contribution in [-0.4, -0.2) is 20.4 Å². The number of nitrogen functional groups attached to an aromatic ring is 1. The van der Waals surface area contributed by atoms with Crippen LogP contribution in [-0.2, 0) is 0 Å². The van der Waals surface area contributed by atoms with E-state index in [0.717, 1.165) is 0 Å². The molecule has 2 aromatic rings. The van der Waals surface area contributed by atoms with Gasteiger partial charge in [-0.25, -0.2) is 0 Å². The third-order valence-corrected chi connectivity index (χ3v) is 1.48. The molecule has 0 unspecified atom stereocenters. The highest BCUT2D eigenvalue weighted by atomic mass is 16.5. The van der Waals surface area contributed by atoms with Crippen molar-refractivity contribution in [2.45, 2.75) is 0 Å². The highest BCUT2D eigenvalue weighted by Gasteiger charge is 2.04. The standard InChI is InChI=1S/C6H6N4O/c7-4-2-1-3-5-6(4)10(11)9-8-5/h1-3,11H,7H2. The van der Waals surface area contributed by atoms with Crippen molar-refractivity contribution in [2.75, 3.05) is 5.73 Å². The van der Waals surface area contributed by atoms with E-state index in [2.05, 4.69) is 10.3 Å². The van der Waals surface area contributed by atoms with Crippen LogP contribution in [0.5, 0.6) is 0 Å². The molecule has 0 aliphatic carbocycles. The van der Waals surface area contributed by atoms with E-state index in [0.29, 0.717) is 21.6 Å². The first-order valence-corrected chi connectivity index (χ1v) is 3.08. The Labute approximate surface area is 62.0 Å². The first kappa shape index (κ1) is 5.96. The predicted octanol–water partition coefficient (Wildman–Crippen LogP) is 0.251. The summed E-state index contributed by atoms with van der Waals surface area (Å²) in [6.07, 6.45) is 0. The van der Waals surface area contributed by atoms with Crippen LogP contribution in [0.1, 0.15) is 0 Å². The Kier molecular flexibility index (Phi) is 1.00. The summed E-state index contributed by atoms with van der Waals surface area (Å²) in [6, 6.07) is 5.16. The highest BCUT2D eigenvalue weighted by Crippen LogP contribution is 2.16. The molecule has 0 radical (unpaired) electrons. The fourth-order valence-corrected chi connectivity index (χ4v) is 0.983. The molecule has 1 heterocycles. The van der Waals surface area contributed by atoms with Gasteiger partial charge in [-0.3, -0.25) is 0 Å². The van der Waals surface area contributed by atoms with Crippen molar-refractivity contribution in [1.29, 1.82) is 0 Å². The van der Waals surface area contributed by atoms with E-state index in [1.807, 2.05) is 0 Å². The van der Waals surface area contributed by atoms with Crippen LogP contribution in [0.25, 0.3) is 11.0 Å². The van der Waals surface area contributed by atoms with Crippen LogP contribution in [0.3, 0.4) is 0 Å². The molecule has 0 aliphatic rings. The topological polar surface area (TPSA) is 77.0 Å². The number of nitrogens with two attached hydrogens (primary N) is 1. The van der Waals surface area contributed by atoms with Crippen LogP contribution < -0.4 is 5.73 Å². The Morgan fingerprint density at radius 3 is 3.00 bits per heavy atom. The van der Waals surface area contributed by atoms with E-state index in [1.165, 1.54) is 0 Å². The van der Waals surface area contributed by atoms with Gasteiger partial charge in [0, 0.05) is 0 Å². The lowest BCUT2D eigenvalue weighted by molar-refractivity contribution is 0.155. The first-order valence-electron chi connectivity index (χ1n) is 3.08. The van der Waals surface area contributed by atoms with Gasteiger partial charge >= 0.3 is 0 Å². The largest absolute Gasteiger partial charge is 0.410 e. The van der Waals surface area contributed by atoms with E-state index >= 15 is 0 Å². The van der Waals surface area contributed by atoms with Gasteiger partial charge in [-0.05, 0) is 17.3 Å². The molecule has 56 valence electrons. The van der Waals surface area contributed by atoms with Gasteiger partial charge in [0.05, 0.1) is 5.69 Å². The number of fused-ring (bicyclic) bond motifs is 1. The van der Waals surface area contributed by atoms with Crippen molar-refractivity contribution in [3.05, 3.63) is 18.2 Å². The zero-order valence-corrected chi connectivity index (χ0v) is 5.60. The van der Waals surface area contributed by atoms with Crippen molar-refractivity contribution >= 4 is 16.7 Å². The van der Waals surface area contributed by atoms with E-state index in [9.17, 15) is 0 Å². The number of hydrogen-bond acceptors (Lipinski definition) is 4. The maximum absolute atomic E-state index is 9.06. The minimum Gasteiger partial charge on any atom is -0.410 e. The number of para-hydroxylation sites is 1. The van der Waals surface area contributed by atoms with Gasteiger partial charge in [0.1, 0.15) is 5.52 Å². The Bertz CT molecular complexity index is 394. The summed E-state index contributed by atoms with van der Waals surface area (Å²) in [7, 11) is 0. The third kappa shape index (κ3) is 0.706. The summed E-state index contributed by atoms with van der Waals surface area (Å²) in [5.41, 5.74) is 7.05. The van der Waals surface area contributed by atoms with E-state index in [-0.39, 0.29) is 0 Å². The Morgan fingerprint density at radius 1 is 1.45 bits per heavy atom. The molecule has 5 nitrogen and oxygen atoms in total. The Hall–Kier alpha value is -1.78. The van der Waals surface area contributed by atoms with Crippen molar-refractivity contribution in [3.63, 3.8) is 0 Å². The number of aromatic nitrogens is 3. The van der Waals surface area contributed by atoms with Gasteiger partial charge in [0.2, 0.25) is 0 Å². The molecule has 2 rings (SSSR count). The molecule has 5 heteroatoms. The molecule has 0 amide bonds. The van der Waals surface area contributed by atoms with Crippen LogP contribution in [0.15, 0.2) is 18.2 Å². The normalized spacial score (nSPS) is 10.5. The zero-order valence-electron chi connectivity index (χ0n) is 5.60. The fraction of sp³-hybridized carbons (Fsp3) is 0. The van der Waals surface area contributed by atoms with Gasteiger partial charge < -0.3 is 10.9 Å². The first-order chi connectivity index (χ1) is 5.29. The molecule has 11 heavy (non-hydrogen) atoms. The molecular weight excluding hydrogens is 144 g/mol. The molecule has 0 bridgehead atoms. The maximum atomic E-state index is 9.06. The van der Waals surface area contributed by atoms with E-state index < -0.39 is 0 Å². The quantitative estimate of drug-likeness (QED) is 0.417. The summed E-state index contributed by atoms with van der Waals surface area (Å²) in [6.45, 7) is 0. The predicted molar refractivity (Wildman–Crippen MR) is 39.1 cm³/mol. The van der Waals surface area contributed by atoms with Gasteiger partial charge in [-0.2, -0.15) is 0 Å². The average Bonchev–Trinajstić information content (AvgIpc) is 2.34. The van der Waals surface area contributed by atoms with Gasteiger partial charge in [-0.15, -0.1) is 5.10 Å². The zero-order chi connectivity index (χ0) is 7.84. The SMILES string of the molecule is Nc1cccc2nnn(O)c12. The number of benzene rings is 1. The number of hydrogen-bond donors (Lipinski definition) is 2. The van der Waals surface area contributed by atoms with Gasteiger partial charge in [-0.1, -0.05) is 10.9 Å². The fourth-order valence-electron chi connectivity index (χ4n) is 0.983. The van der Waals surface area contributed by atoms with E-state index in [1.54, 1.807) is 18.2 Å². The number of nitrogens with zero attached hydrogens (tertiary/aromatic N) is 3. The Morgan fingerprint density at radius 2 is 2.27 bits per heavy atom. The second kappa shape index (κ2) is 1.85. The molecule has 0 spiro atoms. The molecule has 0 fully saturated rings. The lowest BCUT2D eigenvalue weighted by atomic mass is 10.3. The monoisotopic (exact) mass is 150 g/mol. The third-order valence-electron chi connectivity index (χ3n) is 1.48. The average molecular weight is 150 g/mol. The van der Waals surface area contributed by atoms with Crippen LogP contribution in [0.2, 0.25) is 0 Å². The summed E-state index contributed by atoms with van der Waals surface area (Å²) in [4.78, 5) is 0.671. The minimum absolute atomic E-state index is 0.451. The van der Waals surface area contributed by atoms with Crippen LogP contribution in [0.4, 0.5) is 5.69 Å². The van der Waals surface area contributed by atoms with Crippen LogP contribution >= 0.6 is 0 Å². The smallest absolute Gasteiger partial charge is 0.153 e. The summed E-state index contributed by atoms with van der Waals surface area (Å²) in [5, 5.41) is 16.1. The maximum Gasteiger partial charge on any atom is 0.153 e. The highest BCUT2D eigenvalue weighted by molar-refractivity contribution is 5.85. The lowest BCUT2D eigenvalue weighted by Crippen LogP contribution is -1.95. The molecule has 0 atom stereocenters. The summed E-state index contributed by atoms with van der Waals surface area (Å²) < 4.78 is 0. The van der Waals surface area contributed by atoms with Crippen molar-refractivity contribution in [2.24, 2.45) is 0 Å². The van der Waals surface area contributed by atoms with Gasteiger partial charge in [0.25, 0.3) is 0 Å². The summed E-state index contributed by atoms with van der Waals surface area (Å²) >= 11 is 0. The van der Waals surface area contributed by atoms with Gasteiger partial charge in [0.15, 0.2) is 5.52 Å². The minimum atomic E-state index is 0.451. The van der Waals surface area contributed by atoms with Crippen molar-refractivity contribution in [1.82, 2.24) is 15.2 Å². The Balaban J connectivity index is 2.96. The molecule has 1 aromatic carbocycles. The second-order valence-electron chi connectivity index (χ2n) is 2.19. The number of anilines is 1. The molecule has 3 N–H and O–H groups in total.